The van der Waals surface area contributed by atoms with Gasteiger partial charge >= 0.3 is 5.69 Å². The first-order valence-corrected chi connectivity index (χ1v) is 14.1. The molecular formula is C32H32N2O5S. The lowest BCUT2D eigenvalue weighted by Crippen LogP contribution is -2.63. The van der Waals surface area contributed by atoms with Gasteiger partial charge in [0.25, 0.3) is 5.56 Å². The van der Waals surface area contributed by atoms with Crippen LogP contribution in [0.4, 0.5) is 0 Å². The Labute approximate surface area is 236 Å². The number of rotatable bonds is 9. The van der Waals surface area contributed by atoms with E-state index in [0.29, 0.717) is 0 Å². The van der Waals surface area contributed by atoms with Gasteiger partial charge in [-0.05, 0) is 23.1 Å². The summed E-state index contributed by atoms with van der Waals surface area (Å²) in [6, 6.07) is 28.0. The van der Waals surface area contributed by atoms with Crippen molar-refractivity contribution in [1.29, 1.82) is 0 Å². The minimum Gasteiger partial charge on any atom is -0.392 e. The second-order valence-corrected chi connectivity index (χ2v) is 11.5. The van der Waals surface area contributed by atoms with Crippen molar-refractivity contribution in [3.8, 4) is 0 Å². The Hall–Kier alpha value is -3.69. The number of thioether (sulfide) groups is 1. The predicted molar refractivity (Wildman–Crippen MR) is 158 cm³/mol. The van der Waals surface area contributed by atoms with Crippen LogP contribution < -0.4 is 11.2 Å². The quantitative estimate of drug-likeness (QED) is 0.251. The standard InChI is InChI=1S/C32H32N2O5S/c1-2-25-21-34(30(37)33-28(25)36)29-32(39,20-24-16-10-5-11-17-24)31(38,19-23-14-8-4-9-15-23)27(40-29)26(35)18-22-12-6-3-7-13-22/h2-17,21,26-27,29,35,38-39H,1,18-20H2,(H,33,36,37)/t26?,27-,29-,31+,32+/m0/s1. The molecule has 1 saturated heterocycles. The molecule has 0 aliphatic carbocycles. The molecule has 40 heavy (non-hydrogen) atoms. The van der Waals surface area contributed by atoms with Gasteiger partial charge in [-0.3, -0.25) is 14.3 Å². The molecule has 4 aromatic rings. The molecule has 2 heterocycles. The van der Waals surface area contributed by atoms with E-state index in [9.17, 15) is 24.9 Å². The minimum atomic E-state index is -1.93. The number of nitrogens with zero attached hydrogens (tertiary/aromatic N) is 1. The third kappa shape index (κ3) is 5.23. The summed E-state index contributed by atoms with van der Waals surface area (Å²) in [5.74, 6) is 0. The maximum atomic E-state index is 13.2. The van der Waals surface area contributed by atoms with Gasteiger partial charge in [0.05, 0.1) is 16.9 Å². The molecule has 0 amide bonds. The second kappa shape index (κ2) is 11.4. The van der Waals surface area contributed by atoms with Gasteiger partial charge in [-0.25, -0.2) is 4.79 Å². The first-order valence-electron chi connectivity index (χ1n) is 13.1. The summed E-state index contributed by atoms with van der Waals surface area (Å²) in [5.41, 5.74) is -2.57. The number of H-pyrrole nitrogens is 1. The van der Waals surface area contributed by atoms with Crippen LogP contribution in [0.25, 0.3) is 6.08 Å². The van der Waals surface area contributed by atoms with Crippen molar-refractivity contribution in [1.82, 2.24) is 9.55 Å². The Balaban J connectivity index is 1.69. The number of aromatic nitrogens is 2. The Morgan fingerprint density at radius 1 is 0.850 bits per heavy atom. The van der Waals surface area contributed by atoms with Crippen LogP contribution in [-0.4, -0.2) is 47.4 Å². The van der Waals surface area contributed by atoms with E-state index in [1.165, 1.54) is 16.8 Å². The highest BCUT2D eigenvalue weighted by Gasteiger charge is 2.66. The molecule has 1 aliphatic heterocycles. The third-order valence-electron chi connectivity index (χ3n) is 7.64. The molecule has 0 saturated carbocycles. The van der Waals surface area contributed by atoms with Gasteiger partial charge in [-0.2, -0.15) is 0 Å². The normalized spacial score (nSPS) is 25.0. The van der Waals surface area contributed by atoms with Crippen molar-refractivity contribution >= 4 is 17.8 Å². The summed E-state index contributed by atoms with van der Waals surface area (Å²) in [6.07, 6.45) is 1.90. The molecule has 1 fully saturated rings. The monoisotopic (exact) mass is 556 g/mol. The fourth-order valence-electron chi connectivity index (χ4n) is 5.62. The van der Waals surface area contributed by atoms with Crippen LogP contribution in [0, 0.1) is 0 Å². The van der Waals surface area contributed by atoms with Crippen molar-refractivity contribution in [2.75, 3.05) is 0 Å². The van der Waals surface area contributed by atoms with E-state index in [1.807, 2.05) is 91.0 Å². The van der Waals surface area contributed by atoms with Crippen LogP contribution in [0.2, 0.25) is 0 Å². The van der Waals surface area contributed by atoms with Crippen LogP contribution in [-0.2, 0) is 19.3 Å². The second-order valence-electron chi connectivity index (χ2n) is 10.3. The summed E-state index contributed by atoms with van der Waals surface area (Å²) in [4.78, 5) is 27.8. The van der Waals surface area contributed by atoms with E-state index < -0.39 is 39.2 Å². The molecule has 8 heteroatoms. The van der Waals surface area contributed by atoms with E-state index in [4.69, 9.17) is 0 Å². The number of aromatic amines is 1. The topological polar surface area (TPSA) is 116 Å². The predicted octanol–water partition coefficient (Wildman–Crippen LogP) is 3.34. The molecule has 1 unspecified atom stereocenters. The Morgan fingerprint density at radius 2 is 1.35 bits per heavy atom. The molecule has 5 rings (SSSR count). The van der Waals surface area contributed by atoms with Crippen LogP contribution in [0.1, 0.15) is 27.6 Å². The molecule has 1 aliphatic rings. The Bertz CT molecular complexity index is 1570. The largest absolute Gasteiger partial charge is 0.392 e. The van der Waals surface area contributed by atoms with Crippen molar-refractivity contribution in [2.45, 2.75) is 47.2 Å². The summed E-state index contributed by atoms with van der Waals surface area (Å²) in [5, 5.41) is 35.1. The molecule has 7 nitrogen and oxygen atoms in total. The zero-order valence-corrected chi connectivity index (χ0v) is 22.7. The van der Waals surface area contributed by atoms with Crippen LogP contribution in [0.5, 0.6) is 0 Å². The summed E-state index contributed by atoms with van der Waals surface area (Å²) in [6.45, 7) is 3.67. The zero-order chi connectivity index (χ0) is 28.3. The number of nitrogens with one attached hydrogen (secondary N) is 1. The molecule has 1 aromatic heterocycles. The molecule has 5 atom stereocenters. The number of benzene rings is 3. The summed E-state index contributed by atoms with van der Waals surface area (Å²) in [7, 11) is 0. The van der Waals surface area contributed by atoms with Gasteiger partial charge in [-0.1, -0.05) is 104 Å². The van der Waals surface area contributed by atoms with E-state index in [1.54, 1.807) is 0 Å². The Kier molecular flexibility index (Phi) is 7.96. The average molecular weight is 557 g/mol. The van der Waals surface area contributed by atoms with Gasteiger partial charge in [0.1, 0.15) is 16.6 Å². The Morgan fingerprint density at radius 3 is 1.88 bits per heavy atom. The van der Waals surface area contributed by atoms with Crippen LogP contribution >= 0.6 is 11.8 Å². The molecule has 0 radical (unpaired) electrons. The number of aliphatic hydroxyl groups excluding tert-OH is 1. The fourth-order valence-corrected chi connectivity index (χ4v) is 7.49. The number of hydrogen-bond donors (Lipinski definition) is 4. The summed E-state index contributed by atoms with van der Waals surface area (Å²) < 4.78 is 1.25. The lowest BCUT2D eigenvalue weighted by Gasteiger charge is -2.44. The molecule has 4 N–H and O–H groups in total. The number of aliphatic hydroxyl groups is 3. The minimum absolute atomic E-state index is 0.00160. The number of hydrogen-bond acceptors (Lipinski definition) is 6. The molecule has 3 aromatic carbocycles. The molecule has 0 bridgehead atoms. The van der Waals surface area contributed by atoms with Gasteiger partial charge in [0.2, 0.25) is 0 Å². The van der Waals surface area contributed by atoms with Crippen molar-refractivity contribution < 1.29 is 15.3 Å². The lowest BCUT2D eigenvalue weighted by molar-refractivity contribution is -0.161. The fraction of sp³-hybridized carbons (Fsp3) is 0.250. The summed E-state index contributed by atoms with van der Waals surface area (Å²) >= 11 is 1.14. The van der Waals surface area contributed by atoms with Crippen LogP contribution in [0.15, 0.2) is 113 Å². The first-order chi connectivity index (χ1) is 19.2. The van der Waals surface area contributed by atoms with E-state index in [2.05, 4.69) is 11.6 Å². The van der Waals surface area contributed by atoms with Crippen molar-refractivity contribution in [2.24, 2.45) is 0 Å². The van der Waals surface area contributed by atoms with Gasteiger partial charge in [0, 0.05) is 19.0 Å². The highest BCUT2D eigenvalue weighted by Crippen LogP contribution is 2.57. The highest BCUT2D eigenvalue weighted by molar-refractivity contribution is 8.00. The van der Waals surface area contributed by atoms with Crippen LogP contribution in [0.3, 0.4) is 0 Å². The van der Waals surface area contributed by atoms with E-state index in [0.717, 1.165) is 28.5 Å². The zero-order valence-electron chi connectivity index (χ0n) is 21.9. The highest BCUT2D eigenvalue weighted by atomic mass is 32.2. The van der Waals surface area contributed by atoms with Gasteiger partial charge < -0.3 is 15.3 Å². The van der Waals surface area contributed by atoms with Crippen molar-refractivity contribution in [3.05, 3.63) is 147 Å². The SMILES string of the molecule is C=Cc1cn([C@H]2S[C@@H](C(O)Cc3ccccc3)[C@](O)(Cc3ccccc3)[C@@]2(O)Cc2ccccc2)c(=O)[nH]c1=O. The maximum absolute atomic E-state index is 13.2. The van der Waals surface area contributed by atoms with E-state index in [-0.39, 0.29) is 24.8 Å². The third-order valence-corrected chi connectivity index (χ3v) is 9.51. The van der Waals surface area contributed by atoms with Gasteiger partial charge in [-0.15, -0.1) is 11.8 Å². The first kappa shape index (κ1) is 27.9. The average Bonchev–Trinajstić information content (AvgIpc) is 3.16. The lowest BCUT2D eigenvalue weighted by atomic mass is 9.71. The molecule has 0 spiro atoms. The molecule has 206 valence electrons. The van der Waals surface area contributed by atoms with E-state index >= 15 is 0 Å². The van der Waals surface area contributed by atoms with Crippen molar-refractivity contribution in [3.63, 3.8) is 0 Å². The maximum Gasteiger partial charge on any atom is 0.329 e. The van der Waals surface area contributed by atoms with Gasteiger partial charge in [0.15, 0.2) is 0 Å². The smallest absolute Gasteiger partial charge is 0.329 e. The molecular weight excluding hydrogens is 524 g/mol.